The summed E-state index contributed by atoms with van der Waals surface area (Å²) in [6.07, 6.45) is 7.27. The van der Waals surface area contributed by atoms with Crippen molar-refractivity contribution in [3.63, 3.8) is 0 Å². The number of aliphatic hydroxyl groups is 2. The van der Waals surface area contributed by atoms with Crippen LogP contribution in [0.25, 0.3) is 0 Å². The SMILES string of the molecule is CC1=CC[C@H](C(=O)N(c2cc(C(C)(C)CO)sc2C(=O)O)[C@H]2CC[C@](O)(CO[C@H]3CCOC3)CC2)CC1. The Hall–Kier alpha value is -1.78. The number of anilines is 1. The number of amides is 1. The lowest BCUT2D eigenvalue weighted by atomic mass is 9.81. The Morgan fingerprint density at radius 1 is 1.24 bits per heavy atom. The van der Waals surface area contributed by atoms with E-state index in [1.807, 2.05) is 13.8 Å². The smallest absolute Gasteiger partial charge is 0.348 e. The zero-order valence-corrected chi connectivity index (χ0v) is 23.0. The summed E-state index contributed by atoms with van der Waals surface area (Å²) in [5, 5.41) is 31.2. The summed E-state index contributed by atoms with van der Waals surface area (Å²) in [7, 11) is 0. The Kier molecular flexibility index (Phi) is 8.80. The monoisotopic (exact) mass is 535 g/mol. The van der Waals surface area contributed by atoms with Gasteiger partial charge < -0.3 is 29.7 Å². The van der Waals surface area contributed by atoms with E-state index in [-0.39, 0.29) is 42.1 Å². The molecule has 8 nitrogen and oxygen atoms in total. The molecule has 3 aliphatic rings. The van der Waals surface area contributed by atoms with Crippen LogP contribution in [0, 0.1) is 5.92 Å². The molecule has 4 rings (SSSR count). The maximum Gasteiger partial charge on any atom is 0.348 e. The number of aliphatic hydroxyl groups excluding tert-OH is 1. The van der Waals surface area contributed by atoms with E-state index in [2.05, 4.69) is 13.0 Å². The predicted octanol–water partition coefficient (Wildman–Crippen LogP) is 4.27. The lowest BCUT2D eigenvalue weighted by Crippen LogP contribution is -2.50. The number of hydrogen-bond donors (Lipinski definition) is 3. The summed E-state index contributed by atoms with van der Waals surface area (Å²) in [6, 6.07) is 1.57. The van der Waals surface area contributed by atoms with Gasteiger partial charge in [-0.15, -0.1) is 11.3 Å². The molecule has 1 aromatic rings. The molecular formula is C28H41NO7S. The molecule has 1 aliphatic heterocycles. The summed E-state index contributed by atoms with van der Waals surface area (Å²) in [5.74, 6) is -1.32. The van der Waals surface area contributed by atoms with E-state index in [9.17, 15) is 24.9 Å². The molecule has 1 saturated heterocycles. The molecule has 0 aromatic carbocycles. The van der Waals surface area contributed by atoms with Crippen molar-refractivity contribution in [2.24, 2.45) is 5.92 Å². The number of allylic oxidation sites excluding steroid dienone is 2. The summed E-state index contributed by atoms with van der Waals surface area (Å²) in [4.78, 5) is 28.9. The quantitative estimate of drug-likeness (QED) is 0.404. The highest BCUT2D eigenvalue weighted by molar-refractivity contribution is 7.14. The van der Waals surface area contributed by atoms with E-state index in [1.54, 1.807) is 11.0 Å². The van der Waals surface area contributed by atoms with Gasteiger partial charge in [0.05, 0.1) is 37.2 Å². The van der Waals surface area contributed by atoms with Gasteiger partial charge in [-0.3, -0.25) is 4.79 Å². The second-order valence-electron chi connectivity index (χ2n) is 11.7. The molecule has 1 amide bonds. The standard InChI is InChI=1S/C28H41NO7S/c1-18-4-6-19(7-5-18)25(31)29(22-14-23(27(2,3)16-30)37-24(22)26(32)33)20-8-11-28(34,12-9-20)17-36-21-10-13-35-15-21/h4,14,19-21,30,34H,5-13,15-17H2,1-3H3,(H,32,33)/t19-,20-,21-,28+/m0/s1. The number of nitrogens with zero attached hydrogens (tertiary/aromatic N) is 1. The molecule has 2 atom stereocenters. The molecule has 0 bridgehead atoms. The maximum atomic E-state index is 14.0. The van der Waals surface area contributed by atoms with Crippen LogP contribution >= 0.6 is 11.3 Å². The second-order valence-corrected chi connectivity index (χ2v) is 12.7. The largest absolute Gasteiger partial charge is 0.477 e. The Bertz CT molecular complexity index is 1000. The molecule has 0 spiro atoms. The van der Waals surface area contributed by atoms with Crippen LogP contribution < -0.4 is 4.90 Å². The highest BCUT2D eigenvalue weighted by Crippen LogP contribution is 2.42. The zero-order valence-electron chi connectivity index (χ0n) is 22.2. The van der Waals surface area contributed by atoms with Gasteiger partial charge in [0, 0.05) is 28.9 Å². The molecule has 37 heavy (non-hydrogen) atoms. The number of hydrogen-bond acceptors (Lipinski definition) is 7. The van der Waals surface area contributed by atoms with Crippen LogP contribution in [0.1, 0.15) is 86.7 Å². The average Bonchev–Trinajstić information content (AvgIpc) is 3.56. The lowest BCUT2D eigenvalue weighted by Gasteiger charge is -2.42. The van der Waals surface area contributed by atoms with Gasteiger partial charge in [0.15, 0.2) is 0 Å². The molecule has 2 aliphatic carbocycles. The van der Waals surface area contributed by atoms with Gasteiger partial charge in [-0.2, -0.15) is 0 Å². The van der Waals surface area contributed by atoms with Crippen molar-refractivity contribution in [3.8, 4) is 0 Å². The Morgan fingerprint density at radius 3 is 2.54 bits per heavy atom. The van der Waals surface area contributed by atoms with Crippen molar-refractivity contribution in [1.82, 2.24) is 0 Å². The Labute approximate surface area is 223 Å². The van der Waals surface area contributed by atoms with Gasteiger partial charge >= 0.3 is 5.97 Å². The van der Waals surface area contributed by atoms with Crippen molar-refractivity contribution in [2.75, 3.05) is 31.3 Å². The minimum atomic E-state index is -1.07. The maximum absolute atomic E-state index is 14.0. The van der Waals surface area contributed by atoms with E-state index in [0.29, 0.717) is 51.0 Å². The first-order valence-electron chi connectivity index (χ1n) is 13.4. The number of carboxylic acid groups (broad SMARTS) is 1. The summed E-state index contributed by atoms with van der Waals surface area (Å²) in [5.41, 5.74) is 0.104. The van der Waals surface area contributed by atoms with Gasteiger partial charge in [-0.25, -0.2) is 4.79 Å². The summed E-state index contributed by atoms with van der Waals surface area (Å²) < 4.78 is 11.3. The summed E-state index contributed by atoms with van der Waals surface area (Å²) in [6.45, 7) is 7.15. The first-order valence-corrected chi connectivity index (χ1v) is 14.2. The van der Waals surface area contributed by atoms with E-state index in [1.165, 1.54) is 5.57 Å². The molecule has 3 N–H and O–H groups in total. The topological polar surface area (TPSA) is 117 Å². The first kappa shape index (κ1) is 28.2. The van der Waals surface area contributed by atoms with E-state index in [4.69, 9.17) is 9.47 Å². The fourth-order valence-corrected chi connectivity index (χ4v) is 6.55. The van der Waals surface area contributed by atoms with Gasteiger partial charge in [-0.05, 0) is 64.4 Å². The van der Waals surface area contributed by atoms with Crippen LogP contribution in [0.4, 0.5) is 5.69 Å². The van der Waals surface area contributed by atoms with Crippen molar-refractivity contribution in [1.29, 1.82) is 0 Å². The van der Waals surface area contributed by atoms with Crippen molar-refractivity contribution in [3.05, 3.63) is 27.5 Å². The van der Waals surface area contributed by atoms with Gasteiger partial charge in [0.1, 0.15) is 4.88 Å². The summed E-state index contributed by atoms with van der Waals surface area (Å²) >= 11 is 1.13. The van der Waals surface area contributed by atoms with E-state index >= 15 is 0 Å². The normalized spacial score (nSPS) is 28.7. The third kappa shape index (κ3) is 6.45. The van der Waals surface area contributed by atoms with Crippen LogP contribution in [0.15, 0.2) is 17.7 Å². The molecule has 9 heteroatoms. The number of carbonyl (C=O) groups excluding carboxylic acids is 1. The second kappa shape index (κ2) is 11.5. The van der Waals surface area contributed by atoms with Gasteiger partial charge in [-0.1, -0.05) is 25.5 Å². The number of aromatic carboxylic acids is 1. The molecule has 206 valence electrons. The number of thiophene rings is 1. The van der Waals surface area contributed by atoms with Crippen molar-refractivity contribution >= 4 is 28.9 Å². The molecule has 2 fully saturated rings. The number of ether oxygens (including phenoxy) is 2. The Morgan fingerprint density at radius 2 is 1.97 bits per heavy atom. The van der Waals surface area contributed by atoms with Crippen LogP contribution in [-0.2, 0) is 19.7 Å². The molecule has 0 unspecified atom stereocenters. The molecular weight excluding hydrogens is 494 g/mol. The number of carboxylic acids is 1. The average molecular weight is 536 g/mol. The minimum absolute atomic E-state index is 0.0138. The molecule has 1 saturated carbocycles. The highest BCUT2D eigenvalue weighted by Gasteiger charge is 2.41. The van der Waals surface area contributed by atoms with Crippen LogP contribution in [0.2, 0.25) is 0 Å². The number of carbonyl (C=O) groups is 2. The molecule has 1 aromatic heterocycles. The van der Waals surface area contributed by atoms with E-state index < -0.39 is 17.0 Å². The lowest BCUT2D eigenvalue weighted by molar-refractivity contribution is -0.124. The Balaban J connectivity index is 1.60. The van der Waals surface area contributed by atoms with Gasteiger partial charge in [0.25, 0.3) is 0 Å². The van der Waals surface area contributed by atoms with Crippen molar-refractivity contribution in [2.45, 2.75) is 95.3 Å². The van der Waals surface area contributed by atoms with Crippen LogP contribution in [0.3, 0.4) is 0 Å². The van der Waals surface area contributed by atoms with Gasteiger partial charge in [0.2, 0.25) is 5.91 Å². The van der Waals surface area contributed by atoms with Crippen LogP contribution in [0.5, 0.6) is 0 Å². The van der Waals surface area contributed by atoms with Crippen LogP contribution in [-0.4, -0.2) is 71.4 Å². The van der Waals surface area contributed by atoms with E-state index in [0.717, 1.165) is 35.5 Å². The van der Waals surface area contributed by atoms with Crippen molar-refractivity contribution < 1.29 is 34.4 Å². The molecule has 0 radical (unpaired) electrons. The number of rotatable bonds is 9. The third-order valence-corrected chi connectivity index (χ3v) is 9.66. The zero-order chi connectivity index (χ0) is 26.8. The predicted molar refractivity (Wildman–Crippen MR) is 142 cm³/mol. The minimum Gasteiger partial charge on any atom is -0.477 e. The third-order valence-electron chi connectivity index (χ3n) is 8.18. The highest BCUT2D eigenvalue weighted by atomic mass is 32.1. The fraction of sp³-hybridized carbons (Fsp3) is 0.714. The molecule has 2 heterocycles. The first-order chi connectivity index (χ1) is 17.5. The fourth-order valence-electron chi connectivity index (χ4n) is 5.47.